The quantitative estimate of drug-likeness (QED) is 0.461. The Morgan fingerprint density at radius 3 is 2.71 bits per heavy atom. The lowest BCUT2D eigenvalue weighted by molar-refractivity contribution is -0.116. The summed E-state index contributed by atoms with van der Waals surface area (Å²) in [5, 5.41) is 6.77. The zero-order valence-corrected chi connectivity index (χ0v) is 17.9. The number of aryl methyl sites for hydroxylation is 1. The van der Waals surface area contributed by atoms with E-state index in [0.717, 1.165) is 6.07 Å². The monoisotopic (exact) mass is 461 g/mol. The van der Waals surface area contributed by atoms with Crippen molar-refractivity contribution in [2.24, 2.45) is 0 Å². The number of aromatic nitrogens is 2. The third kappa shape index (κ3) is 4.33. The second-order valence-electron chi connectivity index (χ2n) is 6.97. The Balaban J connectivity index is 1.68. The molecule has 4 rings (SSSR count). The van der Waals surface area contributed by atoms with Crippen molar-refractivity contribution in [3.8, 4) is 0 Å². The molecule has 0 aliphatic rings. The Morgan fingerprint density at radius 1 is 1.23 bits per heavy atom. The zero-order valence-electron chi connectivity index (χ0n) is 16.3. The van der Waals surface area contributed by atoms with Gasteiger partial charge in [0.1, 0.15) is 18.1 Å². The molecule has 4 aromatic rings. The van der Waals surface area contributed by atoms with Crippen LogP contribution in [0.5, 0.6) is 0 Å². The molecule has 0 saturated heterocycles. The number of anilines is 1. The third-order valence-electron chi connectivity index (χ3n) is 4.69. The number of fused-ring (bicyclic) bond motifs is 1. The predicted octanol–water partition coefficient (Wildman–Crippen LogP) is 4.34. The first-order chi connectivity index (χ1) is 14.7. The van der Waals surface area contributed by atoms with Crippen molar-refractivity contribution in [3.05, 3.63) is 76.9 Å². The van der Waals surface area contributed by atoms with Crippen LogP contribution in [-0.2, 0) is 26.9 Å². The van der Waals surface area contributed by atoms with Gasteiger partial charge in [-0.05, 0) is 25.1 Å². The van der Waals surface area contributed by atoms with Gasteiger partial charge in [-0.25, -0.2) is 12.8 Å². The number of para-hydroxylation sites is 1. The third-order valence-corrected chi connectivity index (χ3v) is 6.71. The summed E-state index contributed by atoms with van der Waals surface area (Å²) in [4.78, 5) is 12.4. The van der Waals surface area contributed by atoms with E-state index in [1.165, 1.54) is 22.9 Å². The number of carbonyl (C=O) groups is 1. The number of carbonyl (C=O) groups excluding carboxylic acids is 1. The highest BCUT2D eigenvalue weighted by atomic mass is 35.5. The van der Waals surface area contributed by atoms with Gasteiger partial charge in [-0.1, -0.05) is 41.0 Å². The van der Waals surface area contributed by atoms with Crippen molar-refractivity contribution in [2.45, 2.75) is 24.1 Å². The Bertz CT molecular complexity index is 1370. The molecule has 0 unspecified atom stereocenters. The molecule has 0 fully saturated rings. The maximum absolute atomic E-state index is 14.2. The summed E-state index contributed by atoms with van der Waals surface area (Å²) in [5.41, 5.74) is 0.451. The molecule has 31 heavy (non-hydrogen) atoms. The minimum atomic E-state index is -3.96. The molecule has 0 bridgehead atoms. The first-order valence-corrected chi connectivity index (χ1v) is 11.2. The molecule has 10 heteroatoms. The first kappa shape index (κ1) is 21.1. The van der Waals surface area contributed by atoms with Crippen LogP contribution in [-0.4, -0.2) is 24.0 Å². The number of amides is 1. The van der Waals surface area contributed by atoms with E-state index in [2.05, 4.69) is 10.5 Å². The van der Waals surface area contributed by atoms with Gasteiger partial charge >= 0.3 is 0 Å². The molecule has 0 spiro atoms. The van der Waals surface area contributed by atoms with E-state index in [1.54, 1.807) is 37.3 Å². The molecule has 0 atom stereocenters. The average Bonchev–Trinajstić information content (AvgIpc) is 3.29. The molecule has 0 aliphatic heterocycles. The van der Waals surface area contributed by atoms with E-state index in [0.29, 0.717) is 16.7 Å². The molecule has 2 aromatic heterocycles. The summed E-state index contributed by atoms with van der Waals surface area (Å²) in [6, 6.07) is 12.4. The highest BCUT2D eigenvalue weighted by molar-refractivity contribution is 7.90. The van der Waals surface area contributed by atoms with E-state index < -0.39 is 27.3 Å². The van der Waals surface area contributed by atoms with Crippen LogP contribution in [0.25, 0.3) is 10.9 Å². The lowest BCUT2D eigenvalue weighted by atomic mass is 10.2. The summed E-state index contributed by atoms with van der Waals surface area (Å²) in [7, 11) is -3.96. The predicted molar refractivity (Wildman–Crippen MR) is 114 cm³/mol. The smallest absolute Gasteiger partial charge is 0.245 e. The van der Waals surface area contributed by atoms with Crippen LogP contribution in [0, 0.1) is 12.7 Å². The molecular weight excluding hydrogens is 445 g/mol. The highest BCUT2D eigenvalue weighted by Crippen LogP contribution is 2.30. The lowest BCUT2D eigenvalue weighted by Crippen LogP contribution is -2.18. The molecular formula is C21H17ClFN3O4S. The molecule has 1 amide bonds. The minimum absolute atomic E-state index is 0.00694. The van der Waals surface area contributed by atoms with Crippen LogP contribution in [0.3, 0.4) is 0 Å². The van der Waals surface area contributed by atoms with Crippen molar-refractivity contribution in [3.63, 3.8) is 0 Å². The van der Waals surface area contributed by atoms with E-state index in [-0.39, 0.29) is 27.8 Å². The number of halogens is 2. The van der Waals surface area contributed by atoms with Gasteiger partial charge < -0.3 is 14.4 Å². The van der Waals surface area contributed by atoms with Crippen molar-refractivity contribution in [1.29, 1.82) is 0 Å². The molecule has 7 nitrogen and oxygen atoms in total. The lowest BCUT2D eigenvalue weighted by Gasteiger charge is -2.07. The Morgan fingerprint density at radius 2 is 2.00 bits per heavy atom. The molecule has 2 aromatic carbocycles. The van der Waals surface area contributed by atoms with E-state index in [1.807, 2.05) is 0 Å². The van der Waals surface area contributed by atoms with Crippen molar-refractivity contribution in [2.75, 3.05) is 5.32 Å². The van der Waals surface area contributed by atoms with Gasteiger partial charge in [0.2, 0.25) is 5.91 Å². The van der Waals surface area contributed by atoms with Crippen LogP contribution >= 0.6 is 11.6 Å². The largest absolute Gasteiger partial charge is 0.360 e. The van der Waals surface area contributed by atoms with Gasteiger partial charge in [0.15, 0.2) is 15.7 Å². The number of benzene rings is 2. The minimum Gasteiger partial charge on any atom is -0.360 e. The van der Waals surface area contributed by atoms with Crippen LogP contribution in [0.1, 0.15) is 11.3 Å². The van der Waals surface area contributed by atoms with Crippen molar-refractivity contribution >= 4 is 44.1 Å². The fourth-order valence-electron chi connectivity index (χ4n) is 3.29. The van der Waals surface area contributed by atoms with Crippen LogP contribution in [0.2, 0.25) is 5.02 Å². The van der Waals surface area contributed by atoms with Gasteiger partial charge in [-0.3, -0.25) is 4.79 Å². The first-order valence-electron chi connectivity index (χ1n) is 9.21. The van der Waals surface area contributed by atoms with Gasteiger partial charge in [0.05, 0.1) is 10.6 Å². The Labute approximate surface area is 182 Å². The average molecular weight is 462 g/mol. The van der Waals surface area contributed by atoms with E-state index in [9.17, 15) is 17.6 Å². The number of nitrogens with one attached hydrogen (secondary N) is 1. The molecule has 2 heterocycles. The molecule has 0 saturated carbocycles. The maximum atomic E-state index is 14.2. The molecule has 160 valence electrons. The number of nitrogens with zero attached hydrogens (tertiary/aromatic N) is 2. The summed E-state index contributed by atoms with van der Waals surface area (Å²) in [6.45, 7) is 1.55. The fraction of sp³-hybridized carbons (Fsp3) is 0.143. The number of sulfone groups is 1. The SMILES string of the molecule is Cc1cc(NC(=O)Cn2cc(S(=O)(=O)Cc3c(F)cccc3Cl)c3ccccc32)no1. The second kappa shape index (κ2) is 8.16. The van der Waals surface area contributed by atoms with Crippen molar-refractivity contribution in [1.82, 2.24) is 9.72 Å². The number of hydrogen-bond donors (Lipinski definition) is 1. The topological polar surface area (TPSA) is 94.2 Å². The molecule has 0 aliphatic carbocycles. The summed E-state index contributed by atoms with van der Waals surface area (Å²) in [6.07, 6.45) is 1.38. The zero-order chi connectivity index (χ0) is 22.2. The van der Waals surface area contributed by atoms with Crippen LogP contribution in [0.15, 0.2) is 64.1 Å². The normalized spacial score (nSPS) is 11.7. The number of hydrogen-bond acceptors (Lipinski definition) is 5. The highest BCUT2D eigenvalue weighted by Gasteiger charge is 2.25. The summed E-state index contributed by atoms with van der Waals surface area (Å²) < 4.78 is 46.9. The van der Waals surface area contributed by atoms with Gasteiger partial charge in [0, 0.05) is 33.8 Å². The molecule has 1 N–H and O–H groups in total. The number of rotatable bonds is 6. The van der Waals surface area contributed by atoms with E-state index in [4.69, 9.17) is 16.1 Å². The van der Waals surface area contributed by atoms with Crippen LogP contribution in [0.4, 0.5) is 10.2 Å². The molecule has 0 radical (unpaired) electrons. The van der Waals surface area contributed by atoms with Gasteiger partial charge in [-0.15, -0.1) is 0 Å². The second-order valence-corrected chi connectivity index (χ2v) is 9.33. The Hall–Kier alpha value is -3.17. The van der Waals surface area contributed by atoms with E-state index >= 15 is 0 Å². The van der Waals surface area contributed by atoms with Gasteiger partial charge in [0.25, 0.3) is 0 Å². The van der Waals surface area contributed by atoms with Crippen molar-refractivity contribution < 1.29 is 22.1 Å². The summed E-state index contributed by atoms with van der Waals surface area (Å²) in [5.74, 6) is -0.892. The Kier molecular flexibility index (Phi) is 5.55. The van der Waals surface area contributed by atoms with Gasteiger partial charge in [-0.2, -0.15) is 0 Å². The van der Waals surface area contributed by atoms with Crippen LogP contribution < -0.4 is 5.32 Å². The maximum Gasteiger partial charge on any atom is 0.245 e. The standard InChI is InChI=1S/C21H17ClFN3O4S/c1-13-9-20(25-30-13)24-21(27)11-26-10-19(14-5-2-3-8-18(14)26)31(28,29)12-15-16(22)6-4-7-17(15)23/h2-10H,11-12H2,1H3,(H,24,25,27). The summed E-state index contributed by atoms with van der Waals surface area (Å²) >= 11 is 6.02. The fourth-order valence-corrected chi connectivity index (χ4v) is 5.23.